The van der Waals surface area contributed by atoms with E-state index >= 15 is 0 Å². The van der Waals surface area contributed by atoms with Crippen molar-refractivity contribution in [1.82, 2.24) is 15.1 Å². The summed E-state index contributed by atoms with van der Waals surface area (Å²) in [6.07, 6.45) is 0. The van der Waals surface area contributed by atoms with Gasteiger partial charge in [-0.05, 0) is 67.9 Å². The highest BCUT2D eigenvalue weighted by molar-refractivity contribution is 6.30. The Kier molecular flexibility index (Phi) is 7.08. The Morgan fingerprint density at radius 1 is 0.914 bits per heavy atom. The van der Waals surface area contributed by atoms with Crippen LogP contribution in [0.5, 0.6) is 0 Å². The minimum absolute atomic E-state index is 0.217. The predicted octanol–water partition coefficient (Wildman–Crippen LogP) is 4.94. The molecule has 4 rings (SSSR count). The Hall–Kier alpha value is -4.23. The number of carbonyl (C=O) groups is 2. The van der Waals surface area contributed by atoms with Gasteiger partial charge in [0.1, 0.15) is 0 Å². The van der Waals surface area contributed by atoms with Crippen LogP contribution in [0.3, 0.4) is 0 Å². The molecule has 35 heavy (non-hydrogen) atoms. The van der Waals surface area contributed by atoms with E-state index in [1.807, 2.05) is 12.1 Å². The van der Waals surface area contributed by atoms with Crippen LogP contribution >= 0.6 is 11.6 Å². The first-order valence-electron chi connectivity index (χ1n) is 11.0. The molecule has 1 atom stereocenters. The lowest BCUT2D eigenvalue weighted by molar-refractivity contribution is 0.0931. The Morgan fingerprint density at radius 2 is 1.63 bits per heavy atom. The number of nitrogens with one attached hydrogen (secondary N) is 2. The highest BCUT2D eigenvalue weighted by Crippen LogP contribution is 2.19. The van der Waals surface area contributed by atoms with Gasteiger partial charge in [0.05, 0.1) is 11.7 Å². The summed E-state index contributed by atoms with van der Waals surface area (Å²) in [5, 5.41) is 10.6. The molecule has 0 spiro atoms. The molecule has 176 valence electrons. The standard InChI is InChI=1S/C27H23ClN4O3/c1-17-15-24(33)25(31-32(17)23-13-11-21(28)12-14-23)27(35)29-18(2)20-9-6-10-22(16-20)30-26(34)19-7-4-3-5-8-19/h3-16,18H,1-2H3,(H,29,35)(H,30,34). The van der Waals surface area contributed by atoms with Crippen molar-refractivity contribution < 1.29 is 9.59 Å². The number of nitrogens with zero attached hydrogens (tertiary/aromatic N) is 2. The van der Waals surface area contributed by atoms with Crippen molar-refractivity contribution in [3.05, 3.63) is 123 Å². The van der Waals surface area contributed by atoms with Crippen LogP contribution in [0.1, 0.15) is 45.1 Å². The zero-order chi connectivity index (χ0) is 24.9. The number of carbonyl (C=O) groups excluding carboxylic acids is 2. The number of aromatic nitrogens is 2. The van der Waals surface area contributed by atoms with Gasteiger partial charge >= 0.3 is 0 Å². The third-order valence-corrected chi connectivity index (χ3v) is 5.67. The monoisotopic (exact) mass is 486 g/mol. The van der Waals surface area contributed by atoms with E-state index < -0.39 is 17.4 Å². The van der Waals surface area contributed by atoms with Crippen LogP contribution in [0.15, 0.2) is 89.7 Å². The average molecular weight is 487 g/mol. The Balaban J connectivity index is 1.52. The summed E-state index contributed by atoms with van der Waals surface area (Å²) in [5.74, 6) is -0.824. The van der Waals surface area contributed by atoms with E-state index in [4.69, 9.17) is 11.6 Å². The van der Waals surface area contributed by atoms with Crippen LogP contribution in [0.4, 0.5) is 5.69 Å². The molecule has 0 fully saturated rings. The molecule has 4 aromatic rings. The lowest BCUT2D eigenvalue weighted by atomic mass is 10.1. The third kappa shape index (κ3) is 5.65. The van der Waals surface area contributed by atoms with Gasteiger partial charge in [0.25, 0.3) is 11.8 Å². The van der Waals surface area contributed by atoms with E-state index in [2.05, 4.69) is 15.7 Å². The minimum Gasteiger partial charge on any atom is -0.344 e. The number of rotatable bonds is 6. The molecule has 0 bridgehead atoms. The van der Waals surface area contributed by atoms with Crippen molar-refractivity contribution in [2.45, 2.75) is 19.9 Å². The summed E-state index contributed by atoms with van der Waals surface area (Å²) in [4.78, 5) is 38.0. The summed E-state index contributed by atoms with van der Waals surface area (Å²) < 4.78 is 1.52. The molecule has 0 aliphatic carbocycles. The van der Waals surface area contributed by atoms with Gasteiger partial charge in [0, 0.05) is 28.0 Å². The maximum absolute atomic E-state index is 13.0. The van der Waals surface area contributed by atoms with E-state index in [0.29, 0.717) is 27.7 Å². The first kappa shape index (κ1) is 23.9. The van der Waals surface area contributed by atoms with Gasteiger partial charge < -0.3 is 10.6 Å². The van der Waals surface area contributed by atoms with Gasteiger partial charge in [-0.15, -0.1) is 0 Å². The van der Waals surface area contributed by atoms with Crippen LogP contribution in [0.25, 0.3) is 5.69 Å². The molecule has 0 aliphatic heterocycles. The summed E-state index contributed by atoms with van der Waals surface area (Å²) in [6.45, 7) is 3.53. The Bertz CT molecular complexity index is 1430. The second kappa shape index (κ2) is 10.4. The lowest BCUT2D eigenvalue weighted by Crippen LogP contribution is -2.33. The molecule has 0 saturated heterocycles. The van der Waals surface area contributed by atoms with Gasteiger partial charge in [0.15, 0.2) is 5.69 Å². The van der Waals surface area contributed by atoms with Gasteiger partial charge in [-0.3, -0.25) is 14.4 Å². The fraction of sp³-hybridized carbons (Fsp3) is 0.111. The second-order valence-electron chi connectivity index (χ2n) is 8.03. The smallest absolute Gasteiger partial charge is 0.276 e. The highest BCUT2D eigenvalue weighted by atomic mass is 35.5. The average Bonchev–Trinajstić information content (AvgIpc) is 2.85. The van der Waals surface area contributed by atoms with E-state index in [-0.39, 0.29) is 11.6 Å². The number of benzene rings is 3. The predicted molar refractivity (Wildman–Crippen MR) is 136 cm³/mol. The number of aryl methyl sites for hydroxylation is 1. The molecule has 2 N–H and O–H groups in total. The van der Waals surface area contributed by atoms with Crippen molar-refractivity contribution in [2.75, 3.05) is 5.32 Å². The first-order valence-corrected chi connectivity index (χ1v) is 11.3. The number of hydrogen-bond acceptors (Lipinski definition) is 4. The molecular formula is C27H23ClN4O3. The van der Waals surface area contributed by atoms with Gasteiger partial charge in [0.2, 0.25) is 5.43 Å². The largest absolute Gasteiger partial charge is 0.344 e. The first-order chi connectivity index (χ1) is 16.8. The van der Waals surface area contributed by atoms with Crippen molar-refractivity contribution in [3.63, 3.8) is 0 Å². The fourth-order valence-corrected chi connectivity index (χ4v) is 3.70. The van der Waals surface area contributed by atoms with Crippen LogP contribution in [-0.2, 0) is 0 Å². The highest BCUT2D eigenvalue weighted by Gasteiger charge is 2.18. The van der Waals surface area contributed by atoms with Gasteiger partial charge in [-0.2, -0.15) is 5.10 Å². The number of amides is 2. The molecule has 0 saturated carbocycles. The van der Waals surface area contributed by atoms with E-state index in [0.717, 1.165) is 5.56 Å². The normalized spacial score (nSPS) is 11.5. The van der Waals surface area contributed by atoms with E-state index in [1.165, 1.54) is 10.7 Å². The van der Waals surface area contributed by atoms with Gasteiger partial charge in [-0.25, -0.2) is 4.68 Å². The Morgan fingerprint density at radius 3 is 2.34 bits per heavy atom. The van der Waals surface area contributed by atoms with Crippen LogP contribution in [0.2, 0.25) is 5.02 Å². The van der Waals surface area contributed by atoms with Crippen LogP contribution in [0, 0.1) is 6.92 Å². The van der Waals surface area contributed by atoms with Crippen molar-refractivity contribution in [2.24, 2.45) is 0 Å². The Labute approximate surface area is 207 Å². The van der Waals surface area contributed by atoms with Crippen LogP contribution < -0.4 is 16.1 Å². The van der Waals surface area contributed by atoms with Crippen molar-refractivity contribution in [3.8, 4) is 5.69 Å². The fourth-order valence-electron chi connectivity index (χ4n) is 3.58. The number of anilines is 1. The molecular weight excluding hydrogens is 464 g/mol. The zero-order valence-corrected chi connectivity index (χ0v) is 19.9. The lowest BCUT2D eigenvalue weighted by Gasteiger charge is -2.16. The van der Waals surface area contributed by atoms with Crippen molar-refractivity contribution >= 4 is 29.1 Å². The second-order valence-corrected chi connectivity index (χ2v) is 8.46. The quantitative estimate of drug-likeness (QED) is 0.404. The zero-order valence-electron chi connectivity index (χ0n) is 19.2. The summed E-state index contributed by atoms with van der Waals surface area (Å²) in [7, 11) is 0. The molecule has 1 aromatic heterocycles. The SMILES string of the molecule is Cc1cc(=O)c(C(=O)NC(C)c2cccc(NC(=O)c3ccccc3)c2)nn1-c1ccc(Cl)cc1. The third-order valence-electron chi connectivity index (χ3n) is 5.42. The molecule has 0 aliphatic rings. The van der Waals surface area contributed by atoms with Gasteiger partial charge in [-0.1, -0.05) is 41.9 Å². The summed E-state index contributed by atoms with van der Waals surface area (Å²) in [5.41, 5.74) is 2.47. The molecule has 1 heterocycles. The maximum atomic E-state index is 13.0. The van der Waals surface area contributed by atoms with E-state index in [1.54, 1.807) is 80.6 Å². The minimum atomic E-state index is -0.594. The van der Waals surface area contributed by atoms with Crippen molar-refractivity contribution in [1.29, 1.82) is 0 Å². The molecule has 7 nitrogen and oxygen atoms in total. The molecule has 8 heteroatoms. The molecule has 3 aromatic carbocycles. The summed E-state index contributed by atoms with van der Waals surface area (Å²) >= 11 is 5.96. The molecule has 0 radical (unpaired) electrons. The topological polar surface area (TPSA) is 93.1 Å². The molecule has 1 unspecified atom stereocenters. The number of halogens is 1. The number of hydrogen-bond donors (Lipinski definition) is 2. The summed E-state index contributed by atoms with van der Waals surface area (Å²) in [6, 6.07) is 23.9. The maximum Gasteiger partial charge on any atom is 0.276 e. The van der Waals surface area contributed by atoms with Crippen LogP contribution in [-0.4, -0.2) is 21.6 Å². The molecule has 2 amide bonds. The van der Waals surface area contributed by atoms with E-state index in [9.17, 15) is 14.4 Å².